The molecule has 0 aliphatic heterocycles. The van der Waals surface area contributed by atoms with E-state index in [-0.39, 0.29) is 18.0 Å². The molecule has 0 saturated carbocycles. The van der Waals surface area contributed by atoms with Gasteiger partial charge in [-0.2, -0.15) is 0 Å². The molecule has 1 aromatic carbocycles. The topological polar surface area (TPSA) is 55.1 Å². The van der Waals surface area contributed by atoms with Gasteiger partial charge in [-0.15, -0.1) is 0 Å². The van der Waals surface area contributed by atoms with Crippen molar-refractivity contribution < 1.29 is 4.79 Å². The Labute approximate surface area is 117 Å². The summed E-state index contributed by atoms with van der Waals surface area (Å²) < 4.78 is 1.03. The summed E-state index contributed by atoms with van der Waals surface area (Å²) in [6, 6.07) is 8.18. The number of carbonyl (C=O) groups excluding carboxylic acids is 1. The van der Waals surface area contributed by atoms with Crippen LogP contribution in [0.5, 0.6) is 0 Å². The fourth-order valence-electron chi connectivity index (χ4n) is 1.76. The zero-order chi connectivity index (χ0) is 13.5. The van der Waals surface area contributed by atoms with Gasteiger partial charge in [-0.1, -0.05) is 28.1 Å². The van der Waals surface area contributed by atoms with E-state index >= 15 is 0 Å². The summed E-state index contributed by atoms with van der Waals surface area (Å²) in [5, 5.41) is 3.00. The van der Waals surface area contributed by atoms with Gasteiger partial charge in [-0.3, -0.25) is 4.79 Å². The lowest BCUT2D eigenvalue weighted by Gasteiger charge is -2.15. The first kappa shape index (κ1) is 15.2. The van der Waals surface area contributed by atoms with Crippen LogP contribution in [0.3, 0.4) is 0 Å². The summed E-state index contributed by atoms with van der Waals surface area (Å²) in [6.45, 7) is 3.95. The summed E-state index contributed by atoms with van der Waals surface area (Å²) in [5.74, 6) is 0.0862. The lowest BCUT2D eigenvalue weighted by atomic mass is 10.1. The quantitative estimate of drug-likeness (QED) is 0.847. The first-order valence-corrected chi connectivity index (χ1v) is 7.08. The Morgan fingerprint density at radius 1 is 1.44 bits per heavy atom. The number of nitrogens with one attached hydrogen (secondary N) is 1. The molecule has 0 spiro atoms. The largest absolute Gasteiger partial charge is 0.350 e. The van der Waals surface area contributed by atoms with Crippen molar-refractivity contribution >= 4 is 21.8 Å². The van der Waals surface area contributed by atoms with E-state index in [2.05, 4.69) is 21.2 Å². The Hall–Kier alpha value is -0.870. The predicted molar refractivity (Wildman–Crippen MR) is 78.2 cm³/mol. The molecule has 2 atom stereocenters. The standard InChI is InChI=1S/C14H21BrN2O/c1-10(16)5-3-8-14(18)17-11(2)12-6-4-7-13(15)9-12/h4,6-7,9-11H,3,5,8,16H2,1-2H3,(H,17,18)/t10?,11-/m0/s1. The fourth-order valence-corrected chi connectivity index (χ4v) is 2.17. The van der Waals surface area contributed by atoms with Crippen LogP contribution in [-0.2, 0) is 4.79 Å². The molecule has 3 N–H and O–H groups in total. The molecule has 100 valence electrons. The van der Waals surface area contributed by atoms with E-state index in [1.165, 1.54) is 0 Å². The van der Waals surface area contributed by atoms with Crippen LogP contribution < -0.4 is 11.1 Å². The smallest absolute Gasteiger partial charge is 0.220 e. The average Bonchev–Trinajstić information content (AvgIpc) is 2.28. The van der Waals surface area contributed by atoms with Crippen LogP contribution in [0.25, 0.3) is 0 Å². The second kappa shape index (κ2) is 7.54. The summed E-state index contributed by atoms with van der Waals surface area (Å²) in [6.07, 6.45) is 2.27. The number of rotatable bonds is 6. The van der Waals surface area contributed by atoms with Gasteiger partial charge in [-0.25, -0.2) is 0 Å². The van der Waals surface area contributed by atoms with Gasteiger partial charge in [0.2, 0.25) is 5.91 Å². The van der Waals surface area contributed by atoms with Crippen molar-refractivity contribution in [1.82, 2.24) is 5.32 Å². The highest BCUT2D eigenvalue weighted by Gasteiger charge is 2.09. The zero-order valence-electron chi connectivity index (χ0n) is 10.9. The molecular formula is C14H21BrN2O. The van der Waals surface area contributed by atoms with Gasteiger partial charge in [0, 0.05) is 16.9 Å². The van der Waals surface area contributed by atoms with Crippen LogP contribution in [0.4, 0.5) is 0 Å². The summed E-state index contributed by atoms with van der Waals surface area (Å²) >= 11 is 3.43. The van der Waals surface area contributed by atoms with Crippen LogP contribution in [0.2, 0.25) is 0 Å². The molecule has 1 aromatic rings. The number of amides is 1. The van der Waals surface area contributed by atoms with Gasteiger partial charge in [0.25, 0.3) is 0 Å². The van der Waals surface area contributed by atoms with Crippen molar-refractivity contribution in [3.63, 3.8) is 0 Å². The Balaban J connectivity index is 2.40. The third-order valence-corrected chi connectivity index (χ3v) is 3.28. The molecule has 0 saturated heterocycles. The highest BCUT2D eigenvalue weighted by Crippen LogP contribution is 2.17. The number of hydrogen-bond acceptors (Lipinski definition) is 2. The lowest BCUT2D eigenvalue weighted by molar-refractivity contribution is -0.121. The van der Waals surface area contributed by atoms with Crippen molar-refractivity contribution in [2.75, 3.05) is 0 Å². The van der Waals surface area contributed by atoms with Crippen molar-refractivity contribution in [3.05, 3.63) is 34.3 Å². The van der Waals surface area contributed by atoms with E-state index in [1.807, 2.05) is 38.1 Å². The fraction of sp³-hybridized carbons (Fsp3) is 0.500. The van der Waals surface area contributed by atoms with Crippen molar-refractivity contribution in [1.29, 1.82) is 0 Å². The number of nitrogens with two attached hydrogens (primary N) is 1. The van der Waals surface area contributed by atoms with Crippen LogP contribution in [-0.4, -0.2) is 11.9 Å². The Bertz CT molecular complexity index is 393. The van der Waals surface area contributed by atoms with Gasteiger partial charge >= 0.3 is 0 Å². The summed E-state index contributed by atoms with van der Waals surface area (Å²) in [4.78, 5) is 11.7. The first-order valence-electron chi connectivity index (χ1n) is 6.29. The lowest BCUT2D eigenvalue weighted by Crippen LogP contribution is -2.26. The summed E-state index contributed by atoms with van der Waals surface area (Å²) in [5.41, 5.74) is 6.75. The third-order valence-electron chi connectivity index (χ3n) is 2.79. The second-order valence-corrected chi connectivity index (χ2v) is 5.63. The van der Waals surface area contributed by atoms with E-state index in [0.29, 0.717) is 6.42 Å². The third kappa shape index (κ3) is 5.65. The Kier molecular flexibility index (Phi) is 6.36. The van der Waals surface area contributed by atoms with E-state index in [0.717, 1.165) is 22.9 Å². The minimum absolute atomic E-state index is 0.0327. The number of carbonyl (C=O) groups is 1. The van der Waals surface area contributed by atoms with E-state index in [1.54, 1.807) is 0 Å². The highest BCUT2D eigenvalue weighted by molar-refractivity contribution is 9.10. The molecule has 3 nitrogen and oxygen atoms in total. The number of benzene rings is 1. The SMILES string of the molecule is CC(N)CCCC(=O)N[C@@H](C)c1cccc(Br)c1. The van der Waals surface area contributed by atoms with Gasteiger partial charge < -0.3 is 11.1 Å². The normalized spacial score (nSPS) is 14.0. The molecule has 0 heterocycles. The number of halogens is 1. The van der Waals surface area contributed by atoms with Crippen LogP contribution in [0.1, 0.15) is 44.7 Å². The van der Waals surface area contributed by atoms with Crippen LogP contribution in [0.15, 0.2) is 28.7 Å². The maximum atomic E-state index is 11.7. The van der Waals surface area contributed by atoms with Crippen molar-refractivity contribution in [2.24, 2.45) is 5.73 Å². The average molecular weight is 313 g/mol. The first-order chi connectivity index (χ1) is 8.49. The minimum Gasteiger partial charge on any atom is -0.350 e. The van der Waals surface area contributed by atoms with E-state index < -0.39 is 0 Å². The van der Waals surface area contributed by atoms with Crippen LogP contribution >= 0.6 is 15.9 Å². The molecule has 0 fully saturated rings. The van der Waals surface area contributed by atoms with Gasteiger partial charge in [0.05, 0.1) is 6.04 Å². The van der Waals surface area contributed by atoms with Gasteiger partial charge in [-0.05, 0) is 44.4 Å². The molecule has 1 amide bonds. The Morgan fingerprint density at radius 2 is 2.17 bits per heavy atom. The zero-order valence-corrected chi connectivity index (χ0v) is 12.5. The van der Waals surface area contributed by atoms with Gasteiger partial charge in [0.1, 0.15) is 0 Å². The molecule has 1 rings (SSSR count). The van der Waals surface area contributed by atoms with Crippen molar-refractivity contribution in [3.8, 4) is 0 Å². The number of hydrogen-bond donors (Lipinski definition) is 2. The second-order valence-electron chi connectivity index (χ2n) is 4.71. The molecule has 0 aliphatic carbocycles. The maximum absolute atomic E-state index is 11.7. The van der Waals surface area contributed by atoms with Crippen LogP contribution in [0, 0.1) is 0 Å². The molecule has 0 bridgehead atoms. The molecule has 0 aromatic heterocycles. The minimum atomic E-state index is 0.0327. The van der Waals surface area contributed by atoms with E-state index in [4.69, 9.17) is 5.73 Å². The Morgan fingerprint density at radius 3 is 2.78 bits per heavy atom. The molecule has 0 aliphatic rings. The highest BCUT2D eigenvalue weighted by atomic mass is 79.9. The molecule has 4 heteroatoms. The monoisotopic (exact) mass is 312 g/mol. The predicted octanol–water partition coefficient (Wildman–Crippen LogP) is 3.14. The van der Waals surface area contributed by atoms with Gasteiger partial charge in [0.15, 0.2) is 0 Å². The maximum Gasteiger partial charge on any atom is 0.220 e. The molecular weight excluding hydrogens is 292 g/mol. The summed E-state index contributed by atoms with van der Waals surface area (Å²) in [7, 11) is 0. The van der Waals surface area contributed by atoms with Crippen molar-refractivity contribution in [2.45, 2.75) is 45.2 Å². The molecule has 1 unspecified atom stereocenters. The molecule has 0 radical (unpaired) electrons. The van der Waals surface area contributed by atoms with E-state index in [9.17, 15) is 4.79 Å². The molecule has 18 heavy (non-hydrogen) atoms.